The Morgan fingerprint density at radius 2 is 2.29 bits per heavy atom. The average molecular weight is 253 g/mol. The quantitative estimate of drug-likeness (QED) is 0.861. The van der Waals surface area contributed by atoms with E-state index in [9.17, 15) is 4.79 Å². The van der Waals surface area contributed by atoms with Gasteiger partial charge in [0.15, 0.2) is 0 Å². The van der Waals surface area contributed by atoms with Crippen LogP contribution in [-0.4, -0.2) is 30.0 Å². The fourth-order valence-electron chi connectivity index (χ4n) is 1.88. The van der Waals surface area contributed by atoms with Crippen molar-refractivity contribution >= 4 is 17.7 Å². The van der Waals surface area contributed by atoms with Crippen LogP contribution in [0.3, 0.4) is 0 Å². The molecule has 1 aromatic rings. The molecule has 1 aliphatic rings. The smallest absolute Gasteiger partial charge is 0.320 e. The average Bonchev–Trinajstić information content (AvgIpc) is 2.39. The molecule has 17 heavy (non-hydrogen) atoms. The number of hydrogen-bond donors (Lipinski definition) is 2. The number of ether oxygens (including phenoxy) is 1. The number of rotatable bonds is 3. The molecule has 0 radical (unpaired) electrons. The highest BCUT2D eigenvalue weighted by Crippen LogP contribution is 2.36. The molecule has 1 heterocycles. The standard InChI is InChI=1S/C12H15NO3S/c1-16-10-5-3-2-4-8(10)11-13-9(12(14)15)6-7-17-11/h2-5,9,11,13H,6-7H2,1H3,(H,14,15). The van der Waals surface area contributed by atoms with E-state index >= 15 is 0 Å². The maximum absolute atomic E-state index is 11.0. The van der Waals surface area contributed by atoms with Crippen LogP contribution in [0.25, 0.3) is 0 Å². The van der Waals surface area contributed by atoms with Crippen molar-refractivity contribution in [3.8, 4) is 5.75 Å². The number of carboxylic acid groups (broad SMARTS) is 1. The predicted octanol–water partition coefficient (Wildman–Crippen LogP) is 1.87. The zero-order valence-electron chi connectivity index (χ0n) is 9.55. The molecule has 2 unspecified atom stereocenters. The van der Waals surface area contributed by atoms with Gasteiger partial charge in [-0.3, -0.25) is 10.1 Å². The number of thioether (sulfide) groups is 1. The summed E-state index contributed by atoms with van der Waals surface area (Å²) in [6.07, 6.45) is 0.658. The molecule has 1 saturated heterocycles. The number of benzene rings is 1. The summed E-state index contributed by atoms with van der Waals surface area (Å²) >= 11 is 1.71. The lowest BCUT2D eigenvalue weighted by Gasteiger charge is -2.29. The second kappa shape index (κ2) is 5.42. The zero-order chi connectivity index (χ0) is 12.3. The van der Waals surface area contributed by atoms with E-state index in [-0.39, 0.29) is 5.37 Å². The molecule has 1 aromatic carbocycles. The molecular weight excluding hydrogens is 238 g/mol. The number of carbonyl (C=O) groups is 1. The van der Waals surface area contributed by atoms with Gasteiger partial charge in [-0.25, -0.2) is 0 Å². The van der Waals surface area contributed by atoms with Crippen LogP contribution < -0.4 is 10.1 Å². The maximum Gasteiger partial charge on any atom is 0.320 e. The van der Waals surface area contributed by atoms with E-state index in [0.717, 1.165) is 17.1 Å². The van der Waals surface area contributed by atoms with Gasteiger partial charge in [-0.05, 0) is 18.2 Å². The number of aliphatic carboxylic acids is 1. The maximum atomic E-state index is 11.0. The van der Waals surface area contributed by atoms with Crippen molar-refractivity contribution in [2.45, 2.75) is 17.8 Å². The van der Waals surface area contributed by atoms with Crippen LogP contribution in [0.1, 0.15) is 17.4 Å². The van der Waals surface area contributed by atoms with Gasteiger partial charge in [-0.15, -0.1) is 11.8 Å². The Kier molecular flexibility index (Phi) is 3.91. The molecule has 0 bridgehead atoms. The lowest BCUT2D eigenvalue weighted by Crippen LogP contribution is -2.41. The van der Waals surface area contributed by atoms with E-state index in [4.69, 9.17) is 9.84 Å². The van der Waals surface area contributed by atoms with Gasteiger partial charge < -0.3 is 9.84 Å². The van der Waals surface area contributed by atoms with E-state index in [1.54, 1.807) is 18.9 Å². The van der Waals surface area contributed by atoms with Crippen molar-refractivity contribution in [2.24, 2.45) is 0 Å². The number of nitrogens with one attached hydrogen (secondary N) is 1. The molecule has 0 amide bonds. The van der Waals surface area contributed by atoms with E-state index in [2.05, 4.69) is 5.32 Å². The summed E-state index contributed by atoms with van der Waals surface area (Å²) in [6, 6.07) is 7.23. The Hall–Kier alpha value is -1.20. The largest absolute Gasteiger partial charge is 0.496 e. The summed E-state index contributed by atoms with van der Waals surface area (Å²) in [7, 11) is 1.63. The minimum absolute atomic E-state index is 0.0130. The highest BCUT2D eigenvalue weighted by Gasteiger charge is 2.28. The Morgan fingerprint density at radius 3 is 3.00 bits per heavy atom. The third-order valence-corrected chi connectivity index (χ3v) is 3.96. The zero-order valence-corrected chi connectivity index (χ0v) is 10.4. The molecule has 0 saturated carbocycles. The normalized spacial score (nSPS) is 24.3. The molecule has 1 fully saturated rings. The summed E-state index contributed by atoms with van der Waals surface area (Å²) in [4.78, 5) is 11.0. The number of hydrogen-bond acceptors (Lipinski definition) is 4. The van der Waals surface area contributed by atoms with E-state index in [1.807, 2.05) is 24.3 Å². The Morgan fingerprint density at radius 1 is 1.53 bits per heavy atom. The molecule has 5 heteroatoms. The Bertz CT molecular complexity index is 410. The number of carboxylic acids is 1. The lowest BCUT2D eigenvalue weighted by atomic mass is 10.1. The van der Waals surface area contributed by atoms with Gasteiger partial charge in [-0.1, -0.05) is 18.2 Å². The molecule has 0 aliphatic carbocycles. The predicted molar refractivity (Wildman–Crippen MR) is 67.4 cm³/mol. The summed E-state index contributed by atoms with van der Waals surface area (Å²) in [6.45, 7) is 0. The van der Waals surface area contributed by atoms with Crippen molar-refractivity contribution in [3.05, 3.63) is 29.8 Å². The monoisotopic (exact) mass is 253 g/mol. The van der Waals surface area contributed by atoms with Crippen LogP contribution in [0.2, 0.25) is 0 Å². The summed E-state index contributed by atoms with van der Waals surface area (Å²) in [5.74, 6) is 0.848. The van der Waals surface area contributed by atoms with Crippen molar-refractivity contribution in [1.82, 2.24) is 5.32 Å². The van der Waals surface area contributed by atoms with Crippen molar-refractivity contribution in [2.75, 3.05) is 12.9 Å². The highest BCUT2D eigenvalue weighted by molar-refractivity contribution is 7.99. The molecular formula is C12H15NO3S. The van der Waals surface area contributed by atoms with Gasteiger partial charge >= 0.3 is 5.97 Å². The first kappa shape index (κ1) is 12.3. The van der Waals surface area contributed by atoms with Crippen LogP contribution in [0.4, 0.5) is 0 Å². The fourth-order valence-corrected chi connectivity index (χ4v) is 3.12. The highest BCUT2D eigenvalue weighted by atomic mass is 32.2. The molecule has 0 aromatic heterocycles. The molecule has 2 atom stereocenters. The molecule has 2 N–H and O–H groups in total. The topological polar surface area (TPSA) is 58.6 Å². The van der Waals surface area contributed by atoms with Crippen molar-refractivity contribution < 1.29 is 14.6 Å². The van der Waals surface area contributed by atoms with Gasteiger partial charge in [0.2, 0.25) is 0 Å². The van der Waals surface area contributed by atoms with Crippen LogP contribution in [0.5, 0.6) is 5.75 Å². The van der Waals surface area contributed by atoms with Crippen LogP contribution >= 0.6 is 11.8 Å². The van der Waals surface area contributed by atoms with Gasteiger partial charge in [0.05, 0.1) is 12.5 Å². The second-order valence-corrected chi connectivity index (χ2v) is 5.05. The molecule has 92 valence electrons. The van der Waals surface area contributed by atoms with E-state index < -0.39 is 12.0 Å². The van der Waals surface area contributed by atoms with Gasteiger partial charge in [0.1, 0.15) is 11.8 Å². The van der Waals surface area contributed by atoms with Crippen molar-refractivity contribution in [3.63, 3.8) is 0 Å². The van der Waals surface area contributed by atoms with Crippen molar-refractivity contribution in [1.29, 1.82) is 0 Å². The van der Waals surface area contributed by atoms with Crippen LogP contribution in [-0.2, 0) is 4.79 Å². The van der Waals surface area contributed by atoms with Gasteiger partial charge in [0, 0.05) is 5.56 Å². The second-order valence-electron chi connectivity index (χ2n) is 3.84. The molecule has 0 spiro atoms. The van der Waals surface area contributed by atoms with Crippen LogP contribution in [0.15, 0.2) is 24.3 Å². The minimum Gasteiger partial charge on any atom is -0.496 e. The first-order valence-electron chi connectivity index (χ1n) is 5.45. The number of methoxy groups -OCH3 is 1. The first-order valence-corrected chi connectivity index (χ1v) is 6.50. The third-order valence-electron chi connectivity index (χ3n) is 2.76. The Labute approximate surface area is 104 Å². The van der Waals surface area contributed by atoms with Gasteiger partial charge in [0.25, 0.3) is 0 Å². The number of para-hydroxylation sites is 1. The first-order chi connectivity index (χ1) is 8.22. The van der Waals surface area contributed by atoms with Crippen LogP contribution in [0, 0.1) is 0 Å². The van der Waals surface area contributed by atoms with Gasteiger partial charge in [-0.2, -0.15) is 0 Å². The molecule has 4 nitrogen and oxygen atoms in total. The van der Waals surface area contributed by atoms with E-state index in [1.165, 1.54) is 0 Å². The lowest BCUT2D eigenvalue weighted by molar-refractivity contribution is -0.139. The minimum atomic E-state index is -0.787. The fraction of sp³-hybridized carbons (Fsp3) is 0.417. The SMILES string of the molecule is COc1ccccc1C1NC(C(=O)O)CCS1. The summed E-state index contributed by atoms with van der Waals surface area (Å²) in [5.41, 5.74) is 1.01. The van der Waals surface area contributed by atoms with E-state index in [0.29, 0.717) is 6.42 Å². The summed E-state index contributed by atoms with van der Waals surface area (Å²) in [5, 5.41) is 12.1. The molecule has 1 aliphatic heterocycles. The third kappa shape index (κ3) is 2.73. The molecule has 2 rings (SSSR count). The summed E-state index contributed by atoms with van der Waals surface area (Å²) < 4.78 is 5.29. The Balaban J connectivity index is 2.18.